The molecule has 2 amide bonds. The first kappa shape index (κ1) is 91.9. The number of aliphatic carboxylic acids is 1. The minimum Gasteiger partial charge on any atom is -0.477 e. The first-order valence-electron chi connectivity index (χ1n) is 40.4. The van der Waals surface area contributed by atoms with E-state index >= 15 is 0 Å². The third-order valence-corrected chi connectivity index (χ3v) is 20.8. The van der Waals surface area contributed by atoms with Gasteiger partial charge in [0.2, 0.25) is 11.8 Å². The van der Waals surface area contributed by atoms with Gasteiger partial charge in [-0.3, -0.25) is 9.59 Å². The molecule has 3 fully saturated rings. The van der Waals surface area contributed by atoms with Crippen LogP contribution in [0.5, 0.6) is 0 Å². The molecular formula is C77H146N2O21. The Balaban J connectivity index is 1.52. The van der Waals surface area contributed by atoms with Crippen LogP contribution in [0.4, 0.5) is 0 Å². The number of carbonyl (C=O) groups is 3. The lowest BCUT2D eigenvalue weighted by Crippen LogP contribution is -2.70. The summed E-state index contributed by atoms with van der Waals surface area (Å²) in [4.78, 5) is 38.7. The van der Waals surface area contributed by atoms with Crippen molar-refractivity contribution >= 4 is 17.8 Å². The highest BCUT2D eigenvalue weighted by molar-refractivity contribution is 5.77. The summed E-state index contributed by atoms with van der Waals surface area (Å²) in [5.74, 6) is -6.09. The molecule has 0 saturated carbocycles. The predicted molar refractivity (Wildman–Crippen MR) is 385 cm³/mol. The Morgan fingerprint density at radius 3 is 1.25 bits per heavy atom. The first-order chi connectivity index (χ1) is 48.4. The van der Waals surface area contributed by atoms with Crippen molar-refractivity contribution in [1.82, 2.24) is 10.6 Å². The molecular weight excluding hydrogens is 1290 g/mol. The van der Waals surface area contributed by atoms with Crippen LogP contribution in [0, 0.1) is 0 Å². The van der Waals surface area contributed by atoms with Crippen LogP contribution in [0.25, 0.3) is 0 Å². The second-order valence-corrected chi connectivity index (χ2v) is 29.6. The third kappa shape index (κ3) is 37.3. The Labute approximate surface area is 601 Å². The molecule has 0 bridgehead atoms. The lowest BCUT2D eigenvalue weighted by Gasteiger charge is -2.50. The van der Waals surface area contributed by atoms with Gasteiger partial charge in [0, 0.05) is 19.8 Å². The fourth-order valence-corrected chi connectivity index (χ4v) is 14.4. The molecule has 0 spiro atoms. The number of carboxylic acid groups (broad SMARTS) is 1. The van der Waals surface area contributed by atoms with E-state index in [-0.39, 0.29) is 18.9 Å². The Morgan fingerprint density at radius 2 is 0.870 bits per heavy atom. The molecule has 18 unspecified atom stereocenters. The maximum absolute atomic E-state index is 13.6. The fraction of sp³-hybridized carbons (Fsp3) is 0.961. The molecule has 23 nitrogen and oxygen atoms in total. The van der Waals surface area contributed by atoms with Crippen LogP contribution in [0.3, 0.4) is 0 Å². The normalized spacial score (nSPS) is 26.9. The van der Waals surface area contributed by atoms with Crippen molar-refractivity contribution in [2.45, 2.75) is 445 Å². The minimum absolute atomic E-state index is 0.230. The van der Waals surface area contributed by atoms with Crippen LogP contribution in [0.1, 0.15) is 335 Å². The van der Waals surface area contributed by atoms with Crippen molar-refractivity contribution in [2.24, 2.45) is 0 Å². The Hall–Kier alpha value is -2.27. The van der Waals surface area contributed by atoms with Gasteiger partial charge in [0.25, 0.3) is 5.79 Å². The zero-order chi connectivity index (χ0) is 73.2. The highest BCUT2D eigenvalue weighted by Gasteiger charge is 2.60. The molecule has 0 aromatic rings. The number of carboxylic acids is 1. The molecule has 0 aromatic heterocycles. The number of hydrogen-bond acceptors (Lipinski definition) is 20. The quantitative estimate of drug-likeness (QED) is 0.0252. The van der Waals surface area contributed by atoms with Crippen LogP contribution in [0.15, 0.2) is 0 Å². The zero-order valence-electron chi connectivity index (χ0n) is 62.3. The summed E-state index contributed by atoms with van der Waals surface area (Å²) in [5, 5.41) is 137. The van der Waals surface area contributed by atoms with Gasteiger partial charge < -0.3 is 100 Å². The molecule has 0 aromatic carbocycles. The van der Waals surface area contributed by atoms with E-state index in [4.69, 9.17) is 28.4 Å². The van der Waals surface area contributed by atoms with E-state index in [0.29, 0.717) is 19.3 Å². The standard InChI is InChI=1S/C77H146N2O21/c1-4-6-8-10-12-14-16-18-20-22-24-26-27-28-29-31-32-34-36-38-40-42-44-46-48-50-59(84)58(79-64(87)51-49-47-45-43-41-39-37-35-33-30-25-23-21-19-17-15-13-11-9-7-5-2)56-95-74-69(91)68(90)71(63(55-82)97-74)98-75-70(92)73(67(89)62(54-81)96-75)100-77(76(93)94)52-60(85)65(78-57(3)83)72(99-77)66(88)61(86)53-80/h58-63,65-75,80-82,84-86,88-92H,4-56H2,1-3H3,(H,78,83)(H,79,87)(H,93,94). The van der Waals surface area contributed by atoms with Crippen LogP contribution >= 0.6 is 0 Å². The van der Waals surface area contributed by atoms with Crippen LogP contribution in [0.2, 0.25) is 0 Å². The number of carbonyl (C=O) groups excluding carboxylic acids is 2. The first-order valence-corrected chi connectivity index (χ1v) is 40.4. The lowest BCUT2D eigenvalue weighted by molar-refractivity contribution is -0.386. The van der Waals surface area contributed by atoms with Crippen molar-refractivity contribution < 1.29 is 104 Å². The van der Waals surface area contributed by atoms with Crippen molar-refractivity contribution in [3.63, 3.8) is 0 Å². The van der Waals surface area contributed by atoms with Gasteiger partial charge in [0.05, 0.1) is 50.7 Å². The maximum Gasteiger partial charge on any atom is 0.364 e. The van der Waals surface area contributed by atoms with Crippen LogP contribution in [-0.2, 0) is 42.8 Å². The van der Waals surface area contributed by atoms with Crippen LogP contribution < -0.4 is 10.6 Å². The number of aliphatic hydroxyl groups is 11. The largest absolute Gasteiger partial charge is 0.477 e. The Bertz CT molecular complexity index is 2000. The van der Waals surface area contributed by atoms with E-state index in [2.05, 4.69) is 24.5 Å². The topological polar surface area (TPSA) is 373 Å². The molecule has 3 heterocycles. The number of amides is 2. The molecule has 100 heavy (non-hydrogen) atoms. The SMILES string of the molecule is CCCCCCCCCCCCCCCCCCCCCCCCCCCC(O)C(COC1OC(CO)C(OC2OC(CO)C(O)C(OC3(C(=O)O)CC(O)C(NC(C)=O)C(C(O)C(O)CO)O3)C2O)C(O)C1O)NC(=O)CCCCCCCCCCCCCCCCCCCCCCC. The van der Waals surface area contributed by atoms with Crippen LogP contribution in [-0.4, -0.2) is 215 Å². The van der Waals surface area contributed by atoms with Crippen molar-refractivity contribution in [2.75, 3.05) is 26.4 Å². The molecule has 3 aliphatic heterocycles. The number of hydrogen-bond donors (Lipinski definition) is 14. The number of rotatable bonds is 64. The highest BCUT2D eigenvalue weighted by Crippen LogP contribution is 2.39. The van der Waals surface area contributed by atoms with E-state index in [9.17, 15) is 75.7 Å². The molecule has 18 atom stereocenters. The van der Waals surface area contributed by atoms with E-state index < -0.39 is 148 Å². The molecule has 0 aliphatic carbocycles. The monoisotopic (exact) mass is 1440 g/mol. The van der Waals surface area contributed by atoms with Crippen molar-refractivity contribution in [3.8, 4) is 0 Å². The maximum atomic E-state index is 13.6. The fourth-order valence-electron chi connectivity index (χ4n) is 14.4. The smallest absolute Gasteiger partial charge is 0.364 e. The second-order valence-electron chi connectivity index (χ2n) is 29.6. The molecule has 590 valence electrons. The summed E-state index contributed by atoms with van der Waals surface area (Å²) >= 11 is 0. The van der Waals surface area contributed by atoms with Gasteiger partial charge in [-0.15, -0.1) is 0 Å². The lowest BCUT2D eigenvalue weighted by atomic mass is 9.88. The van der Waals surface area contributed by atoms with E-state index in [0.717, 1.165) is 51.9 Å². The molecule has 3 saturated heterocycles. The number of aliphatic hydroxyl groups excluding tert-OH is 11. The second kappa shape index (κ2) is 57.0. The zero-order valence-corrected chi connectivity index (χ0v) is 62.3. The summed E-state index contributed by atoms with van der Waals surface area (Å²) in [7, 11) is 0. The van der Waals surface area contributed by atoms with Gasteiger partial charge in [0.15, 0.2) is 12.6 Å². The number of unbranched alkanes of at least 4 members (excludes halogenated alkanes) is 44. The van der Waals surface area contributed by atoms with E-state index in [1.807, 2.05) is 0 Å². The summed E-state index contributed by atoms with van der Waals surface area (Å²) in [6.07, 6.45) is 29.5. The highest BCUT2D eigenvalue weighted by atomic mass is 16.8. The Kier molecular flexibility index (Phi) is 52.4. The van der Waals surface area contributed by atoms with Gasteiger partial charge in [0.1, 0.15) is 67.1 Å². The number of nitrogens with one attached hydrogen (secondary N) is 2. The molecule has 0 radical (unpaired) electrons. The van der Waals surface area contributed by atoms with Gasteiger partial charge in [-0.1, -0.05) is 303 Å². The van der Waals surface area contributed by atoms with Gasteiger partial charge in [-0.25, -0.2) is 4.79 Å². The van der Waals surface area contributed by atoms with Crippen molar-refractivity contribution in [3.05, 3.63) is 0 Å². The number of ether oxygens (including phenoxy) is 6. The summed E-state index contributed by atoms with van der Waals surface area (Å²) in [5.41, 5.74) is 0. The molecule has 3 aliphatic rings. The molecule has 23 heteroatoms. The average molecular weight is 1440 g/mol. The van der Waals surface area contributed by atoms with Gasteiger partial charge in [-0.2, -0.15) is 0 Å². The molecule has 3 rings (SSSR count). The van der Waals surface area contributed by atoms with Gasteiger partial charge >= 0.3 is 5.97 Å². The third-order valence-electron chi connectivity index (χ3n) is 20.8. The van der Waals surface area contributed by atoms with E-state index in [1.54, 1.807) is 0 Å². The van der Waals surface area contributed by atoms with Gasteiger partial charge in [-0.05, 0) is 12.8 Å². The predicted octanol–water partition coefficient (Wildman–Crippen LogP) is 10.4. The minimum atomic E-state index is -3.08. The van der Waals surface area contributed by atoms with E-state index in [1.165, 1.54) is 238 Å². The molecule has 14 N–H and O–H groups in total. The summed E-state index contributed by atoms with van der Waals surface area (Å²) in [6.45, 7) is 2.27. The Morgan fingerprint density at radius 1 is 0.480 bits per heavy atom. The summed E-state index contributed by atoms with van der Waals surface area (Å²) < 4.78 is 35.0. The summed E-state index contributed by atoms with van der Waals surface area (Å²) in [6, 6.07) is -2.53. The van der Waals surface area contributed by atoms with Crippen molar-refractivity contribution in [1.29, 1.82) is 0 Å². The average Bonchev–Trinajstić information content (AvgIpc) is 0.757.